The highest BCUT2D eigenvalue weighted by molar-refractivity contribution is 6.04. The van der Waals surface area contributed by atoms with Crippen LogP contribution in [0.15, 0.2) is 36.5 Å². The van der Waals surface area contributed by atoms with Crippen LogP contribution in [0.4, 0.5) is 5.69 Å². The molecular formula is C20H24N4O3. The Morgan fingerprint density at radius 2 is 1.93 bits per heavy atom. The van der Waals surface area contributed by atoms with Crippen LogP contribution < -0.4 is 5.32 Å². The van der Waals surface area contributed by atoms with Crippen molar-refractivity contribution in [3.05, 3.63) is 47.9 Å². The minimum absolute atomic E-state index is 0.0953. The molecule has 0 saturated heterocycles. The maximum absolute atomic E-state index is 12.6. The van der Waals surface area contributed by atoms with Crippen LogP contribution in [-0.2, 0) is 11.3 Å². The number of anilines is 1. The molecule has 0 fully saturated rings. The lowest BCUT2D eigenvalue weighted by Crippen LogP contribution is -2.15. The largest absolute Gasteiger partial charge is 0.480 e. The van der Waals surface area contributed by atoms with Crippen molar-refractivity contribution in [2.75, 3.05) is 5.32 Å². The number of aryl methyl sites for hydroxylation is 1. The van der Waals surface area contributed by atoms with Gasteiger partial charge in [-0.25, -0.2) is 0 Å². The number of rotatable bonds is 7. The summed E-state index contributed by atoms with van der Waals surface area (Å²) in [6.07, 6.45) is 3.65. The Kier molecular flexibility index (Phi) is 5.30. The van der Waals surface area contributed by atoms with Gasteiger partial charge in [0.1, 0.15) is 6.54 Å². The predicted molar refractivity (Wildman–Crippen MR) is 104 cm³/mol. The van der Waals surface area contributed by atoms with E-state index in [4.69, 9.17) is 5.11 Å². The van der Waals surface area contributed by atoms with Crippen molar-refractivity contribution in [3.8, 4) is 0 Å². The maximum Gasteiger partial charge on any atom is 0.323 e. The first-order valence-electron chi connectivity index (χ1n) is 9.11. The van der Waals surface area contributed by atoms with Crippen LogP contribution in [0.3, 0.4) is 0 Å². The number of carbonyl (C=O) groups excluding carboxylic acids is 1. The van der Waals surface area contributed by atoms with E-state index in [1.54, 1.807) is 22.9 Å². The van der Waals surface area contributed by atoms with E-state index < -0.39 is 5.97 Å². The first-order valence-corrected chi connectivity index (χ1v) is 9.11. The fourth-order valence-electron chi connectivity index (χ4n) is 3.36. The first kappa shape index (κ1) is 18.7. The van der Waals surface area contributed by atoms with Crippen LogP contribution in [0.25, 0.3) is 10.9 Å². The minimum Gasteiger partial charge on any atom is -0.480 e. The molecular weight excluding hydrogens is 344 g/mol. The Bertz CT molecular complexity index is 982. The fourth-order valence-corrected chi connectivity index (χ4v) is 3.36. The van der Waals surface area contributed by atoms with Gasteiger partial charge >= 0.3 is 5.97 Å². The second-order valence-corrected chi connectivity index (χ2v) is 6.65. The third-order valence-corrected chi connectivity index (χ3v) is 4.78. The van der Waals surface area contributed by atoms with Gasteiger partial charge in [-0.1, -0.05) is 13.8 Å². The zero-order chi connectivity index (χ0) is 19.6. The third-order valence-electron chi connectivity index (χ3n) is 4.78. The van der Waals surface area contributed by atoms with Crippen LogP contribution in [0.2, 0.25) is 0 Å². The maximum atomic E-state index is 12.6. The van der Waals surface area contributed by atoms with Gasteiger partial charge in [-0.15, -0.1) is 0 Å². The van der Waals surface area contributed by atoms with Crippen molar-refractivity contribution in [1.82, 2.24) is 14.3 Å². The van der Waals surface area contributed by atoms with Crippen LogP contribution in [0.1, 0.15) is 48.9 Å². The Hall–Kier alpha value is -3.09. The molecule has 0 radical (unpaired) electrons. The van der Waals surface area contributed by atoms with Crippen LogP contribution in [0, 0.1) is 6.92 Å². The molecule has 1 amide bonds. The van der Waals surface area contributed by atoms with Gasteiger partial charge in [-0.3, -0.25) is 14.3 Å². The number of hydrogen-bond donors (Lipinski definition) is 2. The summed E-state index contributed by atoms with van der Waals surface area (Å²) in [4.78, 5) is 23.5. The van der Waals surface area contributed by atoms with Crippen molar-refractivity contribution in [2.24, 2.45) is 0 Å². The molecule has 0 atom stereocenters. The van der Waals surface area contributed by atoms with E-state index in [1.807, 2.05) is 29.8 Å². The highest BCUT2D eigenvalue weighted by Crippen LogP contribution is 2.22. The number of carbonyl (C=O) groups is 2. The summed E-state index contributed by atoms with van der Waals surface area (Å²) in [5.74, 6) is -1.15. The molecule has 0 unspecified atom stereocenters. The van der Waals surface area contributed by atoms with Gasteiger partial charge in [0.25, 0.3) is 5.91 Å². The molecule has 0 bridgehead atoms. The number of carboxylic acid groups (broad SMARTS) is 1. The monoisotopic (exact) mass is 368 g/mol. The third kappa shape index (κ3) is 3.86. The van der Waals surface area contributed by atoms with E-state index in [9.17, 15) is 9.59 Å². The van der Waals surface area contributed by atoms with E-state index in [2.05, 4.69) is 24.3 Å². The number of nitrogens with one attached hydrogen (secondary N) is 1. The summed E-state index contributed by atoms with van der Waals surface area (Å²) in [6, 6.07) is 9.33. The second-order valence-electron chi connectivity index (χ2n) is 6.65. The summed E-state index contributed by atoms with van der Waals surface area (Å²) in [6.45, 7) is 6.09. The lowest BCUT2D eigenvalue weighted by atomic mass is 10.2. The molecule has 2 aromatic heterocycles. The summed E-state index contributed by atoms with van der Waals surface area (Å²) < 4.78 is 3.58. The summed E-state index contributed by atoms with van der Waals surface area (Å²) in [5.41, 5.74) is 2.82. The summed E-state index contributed by atoms with van der Waals surface area (Å²) in [5, 5.41) is 17.2. The average Bonchev–Trinajstić information content (AvgIpc) is 3.20. The highest BCUT2D eigenvalue weighted by atomic mass is 16.4. The Balaban J connectivity index is 1.80. The van der Waals surface area contributed by atoms with Gasteiger partial charge in [0, 0.05) is 28.5 Å². The Morgan fingerprint density at radius 3 is 2.59 bits per heavy atom. The number of nitrogens with zero attached hydrogens (tertiary/aromatic N) is 3. The number of fused-ring (bicyclic) bond motifs is 1. The quantitative estimate of drug-likeness (QED) is 0.663. The number of aromatic nitrogens is 3. The predicted octanol–water partition coefficient (Wildman–Crippen LogP) is 3.84. The van der Waals surface area contributed by atoms with Crippen LogP contribution in [0.5, 0.6) is 0 Å². The molecule has 0 spiro atoms. The zero-order valence-corrected chi connectivity index (χ0v) is 15.8. The standard InChI is InChI=1S/C20H24N4O3/c1-4-16(5-2)24-13(3)10-17(22-24)20(27)21-15-6-7-18-14(11-15)8-9-23(18)12-19(25)26/h6-11,16H,4-5,12H2,1-3H3,(H,21,27)(H,25,26). The molecule has 2 N–H and O–H groups in total. The van der Waals surface area contributed by atoms with Gasteiger partial charge in [-0.05, 0) is 50.1 Å². The topological polar surface area (TPSA) is 89.2 Å². The van der Waals surface area contributed by atoms with Gasteiger partial charge in [0.05, 0.1) is 6.04 Å². The van der Waals surface area contributed by atoms with Crippen molar-refractivity contribution in [1.29, 1.82) is 0 Å². The molecule has 27 heavy (non-hydrogen) atoms. The zero-order valence-electron chi connectivity index (χ0n) is 15.8. The molecule has 0 aliphatic carbocycles. The molecule has 0 aliphatic heterocycles. The lowest BCUT2D eigenvalue weighted by Gasteiger charge is -2.14. The molecule has 0 saturated carbocycles. The summed E-state index contributed by atoms with van der Waals surface area (Å²) >= 11 is 0. The molecule has 2 heterocycles. The van der Waals surface area contributed by atoms with Gasteiger partial charge in [-0.2, -0.15) is 5.10 Å². The molecule has 142 valence electrons. The molecule has 3 rings (SSSR count). The number of hydrogen-bond acceptors (Lipinski definition) is 3. The molecule has 3 aromatic rings. The highest BCUT2D eigenvalue weighted by Gasteiger charge is 2.17. The average molecular weight is 368 g/mol. The van der Waals surface area contributed by atoms with E-state index in [1.165, 1.54) is 0 Å². The van der Waals surface area contributed by atoms with Gasteiger partial charge in [0.2, 0.25) is 0 Å². The first-order chi connectivity index (χ1) is 12.9. The Labute approximate surface area is 157 Å². The van der Waals surface area contributed by atoms with Crippen molar-refractivity contribution >= 4 is 28.5 Å². The van der Waals surface area contributed by atoms with E-state index in [0.717, 1.165) is 29.4 Å². The molecule has 0 aliphatic rings. The molecule has 1 aromatic carbocycles. The van der Waals surface area contributed by atoms with E-state index in [-0.39, 0.29) is 18.5 Å². The Morgan fingerprint density at radius 1 is 1.19 bits per heavy atom. The molecule has 7 nitrogen and oxygen atoms in total. The van der Waals surface area contributed by atoms with Crippen LogP contribution in [-0.4, -0.2) is 31.3 Å². The summed E-state index contributed by atoms with van der Waals surface area (Å²) in [7, 11) is 0. The number of carboxylic acids is 1. The number of benzene rings is 1. The number of amides is 1. The van der Waals surface area contributed by atoms with E-state index in [0.29, 0.717) is 11.4 Å². The van der Waals surface area contributed by atoms with Crippen molar-refractivity contribution in [2.45, 2.75) is 46.2 Å². The van der Waals surface area contributed by atoms with Crippen LogP contribution >= 0.6 is 0 Å². The number of aliphatic carboxylic acids is 1. The fraction of sp³-hybridized carbons (Fsp3) is 0.350. The smallest absolute Gasteiger partial charge is 0.323 e. The van der Waals surface area contributed by atoms with E-state index >= 15 is 0 Å². The lowest BCUT2D eigenvalue weighted by molar-refractivity contribution is -0.137. The van der Waals surface area contributed by atoms with Gasteiger partial charge < -0.3 is 15.0 Å². The van der Waals surface area contributed by atoms with Crippen molar-refractivity contribution in [3.63, 3.8) is 0 Å². The second kappa shape index (κ2) is 7.65. The SMILES string of the molecule is CCC(CC)n1nc(C(=O)Nc2ccc3c(ccn3CC(=O)O)c2)cc1C. The minimum atomic E-state index is -0.895. The van der Waals surface area contributed by atoms with Gasteiger partial charge in [0.15, 0.2) is 5.69 Å². The normalized spacial score (nSPS) is 11.3. The molecule has 7 heteroatoms. The van der Waals surface area contributed by atoms with Crippen molar-refractivity contribution < 1.29 is 14.7 Å².